The second-order valence-electron chi connectivity index (χ2n) is 1.60. The highest BCUT2D eigenvalue weighted by molar-refractivity contribution is 7.67. The van der Waals surface area contributed by atoms with Crippen LogP contribution in [0, 0.1) is 12.0 Å². The molecule has 0 radical (unpaired) electrons. The molecule has 5 nitrogen and oxygen atoms in total. The van der Waals surface area contributed by atoms with Crippen molar-refractivity contribution in [1.29, 1.82) is 0 Å². The first-order chi connectivity index (χ1) is 5.77. The van der Waals surface area contributed by atoms with E-state index in [9.17, 15) is 21.7 Å². The highest BCUT2D eigenvalue weighted by Crippen LogP contribution is 2.58. The first-order valence-corrected chi connectivity index (χ1v) is 5.62. The average molecular weight is 237 g/mol. The molecule has 1 atom stereocenters. The van der Waals surface area contributed by atoms with E-state index in [2.05, 4.69) is 4.52 Å². The van der Waals surface area contributed by atoms with Crippen molar-refractivity contribution in [2.24, 2.45) is 0 Å². The molecule has 2 N–H and O–H groups in total. The van der Waals surface area contributed by atoms with Gasteiger partial charge in [-0.25, -0.2) is 9.13 Å². The van der Waals surface area contributed by atoms with E-state index in [1.54, 1.807) is 5.92 Å². The summed E-state index contributed by atoms with van der Waals surface area (Å²) in [5.41, 5.74) is 0. The summed E-state index contributed by atoms with van der Waals surface area (Å²) in [6.45, 7) is -0.864. The molecule has 0 aliphatic rings. The summed E-state index contributed by atoms with van der Waals surface area (Å²) in [4.78, 5) is 0.394. The highest BCUT2D eigenvalue weighted by atomic mass is 31.3. The van der Waals surface area contributed by atoms with Crippen LogP contribution in [0.5, 0.6) is 0 Å². The van der Waals surface area contributed by atoms with Crippen LogP contribution in [-0.4, -0.2) is 11.7 Å². The Bertz CT molecular complexity index is 316. The Morgan fingerprint density at radius 3 is 2.31 bits per heavy atom. The molecule has 0 rings (SSSR count). The fourth-order valence-corrected chi connectivity index (χ4v) is 1.89. The SMILES string of the molecule is O=P(F)(F)NP(=O)(F)OCC#CO. The largest absolute Gasteiger partial charge is 0.490 e. The van der Waals surface area contributed by atoms with Crippen molar-refractivity contribution in [2.45, 2.75) is 0 Å². The Morgan fingerprint density at radius 1 is 1.38 bits per heavy atom. The molecular weight excluding hydrogens is 233 g/mol. The molecule has 1 unspecified atom stereocenters. The molecule has 0 aliphatic carbocycles. The molecule has 0 amide bonds. The third kappa shape index (κ3) is 7.88. The van der Waals surface area contributed by atoms with Crippen LogP contribution in [0.25, 0.3) is 0 Å². The number of nitrogens with one attached hydrogen (secondary N) is 1. The summed E-state index contributed by atoms with van der Waals surface area (Å²) >= 11 is 0. The Kier molecular flexibility index (Phi) is 4.51. The smallest absolute Gasteiger partial charge is 0.462 e. The summed E-state index contributed by atoms with van der Waals surface area (Å²) in [6, 6.07) is 0. The minimum atomic E-state index is -5.96. The Labute approximate surface area is 71.6 Å². The van der Waals surface area contributed by atoms with E-state index in [1.807, 2.05) is 0 Å². The molecule has 13 heavy (non-hydrogen) atoms. The molecule has 0 saturated carbocycles. The number of aliphatic hydroxyl groups excluding tert-OH is 1. The predicted molar refractivity (Wildman–Crippen MR) is 37.3 cm³/mol. The molecule has 10 heteroatoms. The van der Waals surface area contributed by atoms with Crippen LogP contribution in [0.2, 0.25) is 0 Å². The second kappa shape index (κ2) is 4.68. The Morgan fingerprint density at radius 2 is 1.92 bits per heavy atom. The van der Waals surface area contributed by atoms with Gasteiger partial charge in [0.05, 0.1) is 0 Å². The van der Waals surface area contributed by atoms with Gasteiger partial charge in [0.2, 0.25) is 0 Å². The molecule has 0 heterocycles. The van der Waals surface area contributed by atoms with Crippen LogP contribution in [0.4, 0.5) is 12.6 Å². The summed E-state index contributed by atoms with van der Waals surface area (Å²) < 4.78 is 59.1. The maximum atomic E-state index is 12.3. The molecule has 0 bridgehead atoms. The molecule has 0 spiro atoms. The van der Waals surface area contributed by atoms with E-state index in [1.165, 1.54) is 6.11 Å². The van der Waals surface area contributed by atoms with Gasteiger partial charge in [-0.1, -0.05) is 0 Å². The molecule has 0 fully saturated rings. The van der Waals surface area contributed by atoms with Crippen molar-refractivity contribution in [3.63, 3.8) is 0 Å². The van der Waals surface area contributed by atoms with Crippen LogP contribution in [0.1, 0.15) is 0 Å². The zero-order chi connectivity index (χ0) is 10.5. The average Bonchev–Trinajstić information content (AvgIpc) is 1.81. The number of hydrogen-bond acceptors (Lipinski definition) is 4. The summed E-state index contributed by atoms with van der Waals surface area (Å²) in [5.74, 6) is 1.69. The minimum Gasteiger partial charge on any atom is -0.462 e. The summed E-state index contributed by atoms with van der Waals surface area (Å²) in [6.07, 6.45) is 1.26. The number of aliphatic hydroxyl groups is 1. The Hall–Kier alpha value is -0.470. The zero-order valence-electron chi connectivity index (χ0n) is 5.91. The number of hydrogen-bond donors (Lipinski definition) is 2. The second-order valence-corrected chi connectivity index (χ2v) is 4.55. The van der Waals surface area contributed by atoms with Crippen molar-refractivity contribution >= 4 is 15.7 Å². The van der Waals surface area contributed by atoms with Gasteiger partial charge in [-0.05, 0) is 5.92 Å². The fraction of sp³-hybridized carbons (Fsp3) is 0.333. The number of rotatable bonds is 4. The van der Waals surface area contributed by atoms with Crippen molar-refractivity contribution < 1.29 is 31.4 Å². The minimum absolute atomic E-state index is 0.394. The van der Waals surface area contributed by atoms with Gasteiger partial charge in [0, 0.05) is 0 Å². The normalized spacial score (nSPS) is 15.6. The fourth-order valence-electron chi connectivity index (χ4n) is 0.315. The first kappa shape index (κ1) is 12.5. The van der Waals surface area contributed by atoms with Crippen molar-refractivity contribution in [3.05, 3.63) is 0 Å². The maximum absolute atomic E-state index is 12.3. The molecule has 0 aromatic carbocycles. The lowest BCUT2D eigenvalue weighted by atomic mass is 10.8. The van der Waals surface area contributed by atoms with Crippen molar-refractivity contribution in [3.8, 4) is 12.0 Å². The van der Waals surface area contributed by atoms with Crippen molar-refractivity contribution in [2.75, 3.05) is 6.61 Å². The van der Waals surface area contributed by atoms with Gasteiger partial charge >= 0.3 is 15.7 Å². The van der Waals surface area contributed by atoms with Crippen molar-refractivity contribution in [1.82, 2.24) is 4.86 Å². The summed E-state index contributed by atoms with van der Waals surface area (Å²) in [7, 11) is -11.3. The topological polar surface area (TPSA) is 75.6 Å². The van der Waals surface area contributed by atoms with Crippen LogP contribution >= 0.6 is 15.7 Å². The van der Waals surface area contributed by atoms with Crippen LogP contribution in [-0.2, 0) is 13.7 Å². The molecular formula is C3H4F3NO4P2. The van der Waals surface area contributed by atoms with E-state index < -0.39 is 22.4 Å². The third-order valence-corrected chi connectivity index (χ3v) is 2.97. The lowest BCUT2D eigenvalue weighted by molar-refractivity contribution is 0.318. The summed E-state index contributed by atoms with van der Waals surface area (Å²) in [5, 5.41) is 7.82. The zero-order valence-corrected chi connectivity index (χ0v) is 7.70. The van der Waals surface area contributed by atoms with E-state index in [0.29, 0.717) is 4.86 Å². The van der Waals surface area contributed by atoms with Gasteiger partial charge in [0.15, 0.2) is 0 Å². The van der Waals surface area contributed by atoms with Gasteiger partial charge in [-0.2, -0.15) is 0 Å². The molecule has 76 valence electrons. The van der Waals surface area contributed by atoms with E-state index in [4.69, 9.17) is 5.11 Å². The first-order valence-electron chi connectivity index (χ1n) is 2.62. The molecule has 0 aromatic heterocycles. The standard InChI is InChI=1S/C3H4F3NO4P2/c4-12(5,9)7-13(6,10)11-3-1-2-8/h8H,3H2,(H,7,9,10). The molecule has 0 aromatic rings. The van der Waals surface area contributed by atoms with E-state index in [-0.39, 0.29) is 0 Å². The van der Waals surface area contributed by atoms with Gasteiger partial charge in [-0.15, -0.1) is 17.4 Å². The van der Waals surface area contributed by atoms with Crippen LogP contribution < -0.4 is 4.86 Å². The third-order valence-electron chi connectivity index (χ3n) is 0.618. The van der Waals surface area contributed by atoms with E-state index >= 15 is 0 Å². The lowest BCUT2D eigenvalue weighted by Gasteiger charge is -2.06. The van der Waals surface area contributed by atoms with Crippen LogP contribution in [0.3, 0.4) is 0 Å². The van der Waals surface area contributed by atoms with Gasteiger partial charge in [0.1, 0.15) is 12.7 Å². The monoisotopic (exact) mass is 237 g/mol. The van der Waals surface area contributed by atoms with Gasteiger partial charge < -0.3 is 5.11 Å². The quantitative estimate of drug-likeness (QED) is 0.578. The van der Waals surface area contributed by atoms with Crippen LogP contribution in [0.15, 0.2) is 0 Å². The number of halogens is 3. The maximum Gasteiger partial charge on any atom is 0.490 e. The lowest BCUT2D eigenvalue weighted by Crippen LogP contribution is -2.01. The molecule has 0 aliphatic heterocycles. The van der Waals surface area contributed by atoms with Gasteiger partial charge in [-0.3, -0.25) is 4.52 Å². The Balaban J connectivity index is 4.15. The molecule has 0 saturated heterocycles. The predicted octanol–water partition coefficient (Wildman–Crippen LogP) is 2.05. The highest BCUT2D eigenvalue weighted by Gasteiger charge is 2.34. The van der Waals surface area contributed by atoms with E-state index in [0.717, 1.165) is 0 Å². The van der Waals surface area contributed by atoms with Gasteiger partial charge in [0.25, 0.3) is 0 Å².